The fraction of sp³-hybridized carbons (Fsp3) is 0.545. The third kappa shape index (κ3) is 4.35. The molecule has 32 heavy (non-hydrogen) atoms. The lowest BCUT2D eigenvalue weighted by Crippen LogP contribution is -2.42. The maximum Gasteiger partial charge on any atom is 0.417 e. The SMILES string of the molecule is CCc1cc(C(F)(F)F)c2c([C@@H]3CCCN(C(=O)[C@H](C)Cn4ccc(C)n4)C3)noc2n1. The summed E-state index contributed by atoms with van der Waals surface area (Å²) in [7, 11) is 0. The minimum absolute atomic E-state index is 0.0434. The monoisotopic (exact) mass is 449 g/mol. The van der Waals surface area contributed by atoms with Gasteiger partial charge in [0.05, 0.1) is 34.8 Å². The topological polar surface area (TPSA) is 77.0 Å². The molecule has 3 aromatic rings. The average molecular weight is 449 g/mol. The molecule has 0 bridgehead atoms. The van der Waals surface area contributed by atoms with Gasteiger partial charge in [0.25, 0.3) is 5.71 Å². The van der Waals surface area contributed by atoms with E-state index >= 15 is 0 Å². The van der Waals surface area contributed by atoms with Crippen LogP contribution in [0.15, 0.2) is 22.9 Å². The van der Waals surface area contributed by atoms with Gasteiger partial charge in [-0.15, -0.1) is 0 Å². The first-order valence-corrected chi connectivity index (χ1v) is 10.8. The Balaban J connectivity index is 1.58. The predicted octanol–water partition coefficient (Wildman–Crippen LogP) is 4.35. The molecule has 0 radical (unpaired) electrons. The molecule has 0 spiro atoms. The van der Waals surface area contributed by atoms with Crippen molar-refractivity contribution in [3.8, 4) is 0 Å². The van der Waals surface area contributed by atoms with Crippen LogP contribution >= 0.6 is 0 Å². The van der Waals surface area contributed by atoms with Crippen LogP contribution in [0.4, 0.5) is 13.2 Å². The van der Waals surface area contributed by atoms with Gasteiger partial charge >= 0.3 is 6.18 Å². The molecule has 1 fully saturated rings. The number of alkyl halides is 3. The molecule has 0 aliphatic carbocycles. The molecular weight excluding hydrogens is 423 g/mol. The number of hydrogen-bond acceptors (Lipinski definition) is 5. The predicted molar refractivity (Wildman–Crippen MR) is 111 cm³/mol. The Morgan fingerprint density at radius 1 is 1.38 bits per heavy atom. The van der Waals surface area contributed by atoms with E-state index in [0.29, 0.717) is 44.6 Å². The fourth-order valence-electron chi connectivity index (χ4n) is 4.34. The van der Waals surface area contributed by atoms with Gasteiger partial charge in [-0.05, 0) is 38.3 Å². The summed E-state index contributed by atoms with van der Waals surface area (Å²) in [6.45, 7) is 6.78. The van der Waals surface area contributed by atoms with Crippen molar-refractivity contribution < 1.29 is 22.5 Å². The van der Waals surface area contributed by atoms with E-state index in [1.165, 1.54) is 0 Å². The summed E-state index contributed by atoms with van der Waals surface area (Å²) in [6.07, 6.45) is -1.05. The molecule has 3 aromatic heterocycles. The molecule has 0 saturated carbocycles. The summed E-state index contributed by atoms with van der Waals surface area (Å²) in [5, 5.41) is 8.22. The quantitative estimate of drug-likeness (QED) is 0.579. The number of aromatic nitrogens is 4. The largest absolute Gasteiger partial charge is 0.417 e. The Bertz CT molecular complexity index is 1120. The van der Waals surface area contributed by atoms with E-state index in [4.69, 9.17) is 4.52 Å². The lowest BCUT2D eigenvalue weighted by Gasteiger charge is -2.33. The lowest BCUT2D eigenvalue weighted by molar-refractivity contribution is -0.137. The number of piperidine rings is 1. The van der Waals surface area contributed by atoms with Gasteiger partial charge in [0.1, 0.15) is 0 Å². The molecule has 2 atom stereocenters. The van der Waals surface area contributed by atoms with Crippen LogP contribution in [-0.2, 0) is 23.9 Å². The van der Waals surface area contributed by atoms with Crippen molar-refractivity contribution in [2.45, 2.75) is 58.7 Å². The molecule has 0 unspecified atom stereocenters. The van der Waals surface area contributed by atoms with Gasteiger partial charge < -0.3 is 9.42 Å². The van der Waals surface area contributed by atoms with Gasteiger partial charge in [0.2, 0.25) is 5.91 Å². The van der Waals surface area contributed by atoms with E-state index in [0.717, 1.165) is 11.8 Å². The number of halogens is 3. The van der Waals surface area contributed by atoms with Crippen LogP contribution in [0, 0.1) is 12.8 Å². The lowest BCUT2D eigenvalue weighted by atomic mass is 9.91. The third-order valence-corrected chi connectivity index (χ3v) is 5.97. The number of amides is 1. The second kappa shape index (κ2) is 8.55. The number of fused-ring (bicyclic) bond motifs is 1. The molecule has 1 amide bonds. The fourth-order valence-corrected chi connectivity index (χ4v) is 4.34. The highest BCUT2D eigenvalue weighted by Gasteiger charge is 2.38. The van der Waals surface area contributed by atoms with Gasteiger partial charge in [-0.1, -0.05) is 19.0 Å². The maximum atomic E-state index is 13.8. The van der Waals surface area contributed by atoms with Crippen molar-refractivity contribution in [3.05, 3.63) is 41.0 Å². The zero-order valence-electron chi connectivity index (χ0n) is 18.3. The first kappa shape index (κ1) is 22.3. The number of carbonyl (C=O) groups excluding carboxylic acids is 1. The number of hydrogen-bond donors (Lipinski definition) is 0. The van der Waals surface area contributed by atoms with Gasteiger partial charge in [-0.25, -0.2) is 4.98 Å². The maximum absolute atomic E-state index is 13.8. The van der Waals surface area contributed by atoms with Crippen LogP contribution in [0.1, 0.15) is 55.3 Å². The molecule has 7 nitrogen and oxygen atoms in total. The van der Waals surface area contributed by atoms with Gasteiger partial charge in [-0.3, -0.25) is 9.48 Å². The zero-order valence-corrected chi connectivity index (χ0v) is 18.3. The standard InChI is InChI=1S/C22H26F3N5O2/c1-4-16-10-17(22(23,24)25)18-19(28-32-20(18)26-16)15-6-5-8-29(12-15)21(31)13(2)11-30-9-7-14(3)27-30/h7,9-10,13,15H,4-6,8,11-12H2,1-3H3/t13-,15-/m1/s1. The number of aryl methyl sites for hydroxylation is 2. The van der Waals surface area contributed by atoms with Gasteiger partial charge in [0, 0.05) is 30.9 Å². The number of likely N-dealkylation sites (tertiary alicyclic amines) is 1. The molecular formula is C22H26F3N5O2. The molecule has 10 heteroatoms. The molecule has 0 N–H and O–H groups in total. The van der Waals surface area contributed by atoms with Crippen molar-refractivity contribution >= 4 is 17.0 Å². The Kier molecular flexibility index (Phi) is 5.96. The highest BCUT2D eigenvalue weighted by molar-refractivity contribution is 5.82. The van der Waals surface area contributed by atoms with Crippen LogP contribution < -0.4 is 0 Å². The van der Waals surface area contributed by atoms with E-state index < -0.39 is 11.7 Å². The van der Waals surface area contributed by atoms with Crippen LogP contribution in [0.25, 0.3) is 11.1 Å². The van der Waals surface area contributed by atoms with Crippen LogP contribution in [0.3, 0.4) is 0 Å². The molecule has 1 saturated heterocycles. The van der Waals surface area contributed by atoms with Crippen molar-refractivity contribution in [2.24, 2.45) is 5.92 Å². The number of rotatable bonds is 5. The van der Waals surface area contributed by atoms with Gasteiger partial charge in [-0.2, -0.15) is 18.3 Å². The smallest absolute Gasteiger partial charge is 0.342 e. The summed E-state index contributed by atoms with van der Waals surface area (Å²) in [5.41, 5.74) is 0.533. The zero-order chi connectivity index (χ0) is 23.0. The number of pyridine rings is 1. The van der Waals surface area contributed by atoms with Crippen molar-refractivity contribution in [3.63, 3.8) is 0 Å². The normalized spacial score (nSPS) is 18.3. The second-order valence-electron chi connectivity index (χ2n) is 8.46. The Morgan fingerprint density at radius 3 is 2.81 bits per heavy atom. The summed E-state index contributed by atoms with van der Waals surface area (Å²) in [4.78, 5) is 19.0. The Morgan fingerprint density at radius 2 is 2.16 bits per heavy atom. The Labute approximate surface area is 183 Å². The Hall–Kier alpha value is -2.91. The van der Waals surface area contributed by atoms with E-state index in [1.807, 2.05) is 26.1 Å². The van der Waals surface area contributed by atoms with Crippen molar-refractivity contribution in [1.29, 1.82) is 0 Å². The van der Waals surface area contributed by atoms with Crippen LogP contribution in [-0.4, -0.2) is 43.8 Å². The molecule has 4 heterocycles. The van der Waals surface area contributed by atoms with E-state index in [9.17, 15) is 18.0 Å². The second-order valence-corrected chi connectivity index (χ2v) is 8.46. The third-order valence-electron chi connectivity index (χ3n) is 5.97. The summed E-state index contributed by atoms with van der Waals surface area (Å²) >= 11 is 0. The number of nitrogens with zero attached hydrogens (tertiary/aromatic N) is 5. The van der Waals surface area contributed by atoms with Crippen LogP contribution in [0.5, 0.6) is 0 Å². The van der Waals surface area contributed by atoms with E-state index in [1.54, 1.807) is 16.5 Å². The van der Waals surface area contributed by atoms with Crippen molar-refractivity contribution in [2.75, 3.05) is 13.1 Å². The van der Waals surface area contributed by atoms with E-state index in [2.05, 4.69) is 15.2 Å². The highest BCUT2D eigenvalue weighted by Crippen LogP contribution is 2.40. The molecule has 0 aromatic carbocycles. The van der Waals surface area contributed by atoms with Gasteiger partial charge in [0.15, 0.2) is 0 Å². The molecule has 172 valence electrons. The highest BCUT2D eigenvalue weighted by atomic mass is 19.4. The first-order chi connectivity index (χ1) is 15.2. The molecule has 1 aliphatic rings. The summed E-state index contributed by atoms with van der Waals surface area (Å²) in [5.74, 6) is -0.691. The minimum Gasteiger partial charge on any atom is -0.342 e. The number of carbonyl (C=O) groups is 1. The van der Waals surface area contributed by atoms with Crippen molar-refractivity contribution in [1.82, 2.24) is 24.8 Å². The average Bonchev–Trinajstić information content (AvgIpc) is 3.37. The summed E-state index contributed by atoms with van der Waals surface area (Å²) in [6, 6.07) is 2.95. The van der Waals surface area contributed by atoms with Crippen LogP contribution in [0.2, 0.25) is 0 Å². The van der Waals surface area contributed by atoms with E-state index in [-0.39, 0.29) is 34.5 Å². The minimum atomic E-state index is -4.55. The summed E-state index contributed by atoms with van der Waals surface area (Å²) < 4.78 is 48.4. The first-order valence-electron chi connectivity index (χ1n) is 10.8. The molecule has 1 aliphatic heterocycles. The molecule has 4 rings (SSSR count).